The van der Waals surface area contributed by atoms with Crippen LogP contribution in [0.1, 0.15) is 48.7 Å². The average molecular weight is 527 g/mol. The Hall–Kier alpha value is -2.49. The number of hydrogen-bond acceptors (Lipinski definition) is 4. The van der Waals surface area contributed by atoms with Gasteiger partial charge in [-0.1, -0.05) is 60.7 Å². The number of carboxylic acids is 1. The van der Waals surface area contributed by atoms with Gasteiger partial charge in [-0.25, -0.2) is 4.79 Å². The van der Waals surface area contributed by atoms with Crippen molar-refractivity contribution in [1.82, 2.24) is 10.2 Å². The summed E-state index contributed by atoms with van der Waals surface area (Å²) in [4.78, 5) is 27.4. The van der Waals surface area contributed by atoms with Crippen molar-refractivity contribution < 1.29 is 35.0 Å². The van der Waals surface area contributed by atoms with Gasteiger partial charge in [-0.3, -0.25) is 9.69 Å². The molecule has 1 amide bonds. The van der Waals surface area contributed by atoms with Crippen LogP contribution < -0.4 is 24.2 Å². The van der Waals surface area contributed by atoms with Crippen molar-refractivity contribution in [2.75, 3.05) is 19.1 Å². The van der Waals surface area contributed by atoms with E-state index in [0.717, 1.165) is 28.7 Å². The monoisotopic (exact) mass is 526 g/mol. The smallest absolute Gasteiger partial charge is 1.00 e. The molecule has 198 valence electrons. The molecule has 0 aliphatic heterocycles. The molecule has 0 fully saturated rings. The molecule has 0 radical (unpaired) electrons. The Kier molecular flexibility index (Phi) is 12.2. The fourth-order valence-corrected chi connectivity index (χ4v) is 4.90. The molecule has 2 N–H and O–H groups in total. The van der Waals surface area contributed by atoms with E-state index in [4.69, 9.17) is 0 Å². The zero-order valence-corrected chi connectivity index (χ0v) is 24.3. The zero-order valence-electron chi connectivity index (χ0n) is 24.5. The number of thioether (sulfide) groups is 1. The van der Waals surface area contributed by atoms with Gasteiger partial charge in [-0.15, -0.1) is 0 Å². The number of carbonyl (C=O) groups is 2. The van der Waals surface area contributed by atoms with Crippen molar-refractivity contribution in [3.8, 4) is 11.1 Å². The van der Waals surface area contributed by atoms with Crippen molar-refractivity contribution in [3.05, 3.63) is 95.1 Å². The summed E-state index contributed by atoms with van der Waals surface area (Å²) in [6.07, 6.45) is 3.22. The molecular weight excluding hydrogens is 487 g/mol. The topological polar surface area (TPSA) is 69.6 Å². The van der Waals surface area contributed by atoms with Crippen LogP contribution in [0.25, 0.3) is 11.1 Å². The maximum Gasteiger partial charge on any atom is 1.00 e. The van der Waals surface area contributed by atoms with Crippen LogP contribution in [0.2, 0.25) is 0 Å². The summed E-state index contributed by atoms with van der Waals surface area (Å²) in [7, 11) is 2.13. The van der Waals surface area contributed by atoms with Crippen LogP contribution >= 0.6 is 11.8 Å². The molecule has 38 heavy (non-hydrogen) atoms. The standard InChI is InChI=1S/C31H38N2O3S.Li.H/c1-22-11-9-10-14-25(22)27-19-24(21-33(4)31(2,3)20-23-12-7-6-8-13-23)15-16-26(27)29(34)32-28(30(35)36)17-18-37-5;;/h6-16,19,28H,17-18,20-21H2,1-5H3,(H,32,34)(H,35,36);;/q;+1;-1/t28-;;/m0../s1. The third-order valence-corrected chi connectivity index (χ3v) is 7.55. The summed E-state index contributed by atoms with van der Waals surface area (Å²) in [6.45, 7) is 7.22. The molecule has 0 heterocycles. The van der Waals surface area contributed by atoms with E-state index in [2.05, 4.69) is 61.4 Å². The second kappa shape index (κ2) is 14.6. The Morgan fingerprint density at radius 2 is 1.66 bits per heavy atom. The molecule has 0 saturated carbocycles. The van der Waals surface area contributed by atoms with Crippen LogP contribution in [0.3, 0.4) is 0 Å². The Morgan fingerprint density at radius 3 is 2.29 bits per heavy atom. The van der Waals surface area contributed by atoms with Gasteiger partial charge in [0, 0.05) is 17.6 Å². The molecule has 3 rings (SSSR count). The molecule has 0 aliphatic rings. The molecule has 0 aliphatic carbocycles. The van der Waals surface area contributed by atoms with Gasteiger partial charge in [0.2, 0.25) is 0 Å². The summed E-state index contributed by atoms with van der Waals surface area (Å²) in [5, 5.41) is 12.4. The Balaban J connectivity index is 0.00000380. The fourth-order valence-electron chi connectivity index (χ4n) is 4.43. The maximum atomic E-state index is 13.3. The molecule has 5 nitrogen and oxygen atoms in total. The van der Waals surface area contributed by atoms with E-state index in [0.29, 0.717) is 24.3 Å². The van der Waals surface area contributed by atoms with Gasteiger partial charge in [0.05, 0.1) is 0 Å². The van der Waals surface area contributed by atoms with Crippen molar-refractivity contribution >= 4 is 23.6 Å². The maximum absolute atomic E-state index is 13.3. The molecule has 0 bridgehead atoms. The molecule has 0 unspecified atom stereocenters. The van der Waals surface area contributed by atoms with Gasteiger partial charge in [0.1, 0.15) is 6.04 Å². The van der Waals surface area contributed by atoms with E-state index >= 15 is 0 Å². The van der Waals surface area contributed by atoms with Crippen LogP contribution in [0.5, 0.6) is 0 Å². The molecule has 0 spiro atoms. The number of amides is 1. The quantitative estimate of drug-likeness (QED) is 0.355. The molecule has 7 heteroatoms. The Morgan fingerprint density at radius 1 is 1.00 bits per heavy atom. The van der Waals surface area contributed by atoms with E-state index in [1.54, 1.807) is 11.8 Å². The number of benzene rings is 3. The predicted molar refractivity (Wildman–Crippen MR) is 155 cm³/mol. The average Bonchev–Trinajstić information content (AvgIpc) is 2.86. The molecular formula is C31H39LiN2O3S. The SMILES string of the molecule is CSCC[C@H](NC(=O)c1ccc(CN(C)C(C)(C)Cc2ccccc2)cc1-c1ccccc1C)C(=O)O.[H-].[Li+]. The third kappa shape index (κ3) is 8.51. The van der Waals surface area contributed by atoms with Gasteiger partial charge >= 0.3 is 24.8 Å². The van der Waals surface area contributed by atoms with Crippen LogP contribution in [0.15, 0.2) is 72.8 Å². The van der Waals surface area contributed by atoms with Crippen LogP contribution in [-0.2, 0) is 17.8 Å². The van der Waals surface area contributed by atoms with E-state index in [1.807, 2.05) is 55.6 Å². The van der Waals surface area contributed by atoms with Gasteiger partial charge in [-0.05, 0) is 92.6 Å². The number of hydrogen-bond donors (Lipinski definition) is 2. The number of nitrogens with one attached hydrogen (secondary N) is 1. The minimum absolute atomic E-state index is 0. The van der Waals surface area contributed by atoms with Crippen molar-refractivity contribution in [2.45, 2.75) is 51.7 Å². The zero-order chi connectivity index (χ0) is 27.0. The minimum atomic E-state index is -1.02. The summed E-state index contributed by atoms with van der Waals surface area (Å²) in [5.74, 6) is -0.721. The first-order chi connectivity index (χ1) is 17.6. The number of likely N-dealkylation sites (N-methyl/N-ethyl adjacent to an activating group) is 1. The van der Waals surface area contributed by atoms with Gasteiger partial charge in [0.15, 0.2) is 0 Å². The normalized spacial score (nSPS) is 12.1. The van der Waals surface area contributed by atoms with Crippen molar-refractivity contribution in [2.24, 2.45) is 0 Å². The predicted octanol–water partition coefficient (Wildman–Crippen LogP) is 3.17. The molecule has 3 aromatic carbocycles. The number of carbonyl (C=O) groups excluding carboxylic acids is 1. The minimum Gasteiger partial charge on any atom is -1.00 e. The van der Waals surface area contributed by atoms with Crippen LogP contribution in [0, 0.1) is 6.92 Å². The van der Waals surface area contributed by atoms with E-state index in [-0.39, 0.29) is 31.7 Å². The number of nitrogens with zero attached hydrogens (tertiary/aromatic N) is 1. The van der Waals surface area contributed by atoms with Crippen molar-refractivity contribution in [3.63, 3.8) is 0 Å². The van der Waals surface area contributed by atoms with Gasteiger partial charge in [0.25, 0.3) is 5.91 Å². The summed E-state index contributed by atoms with van der Waals surface area (Å²) in [5.41, 5.74) is 5.64. The fraction of sp³-hybridized carbons (Fsp3) is 0.355. The third-order valence-electron chi connectivity index (χ3n) is 6.91. The summed E-state index contributed by atoms with van der Waals surface area (Å²) < 4.78 is 0. The Labute approximate surface area is 245 Å². The largest absolute Gasteiger partial charge is 1.00 e. The summed E-state index contributed by atoms with van der Waals surface area (Å²) in [6, 6.07) is 23.4. The van der Waals surface area contributed by atoms with E-state index < -0.39 is 12.0 Å². The first-order valence-electron chi connectivity index (χ1n) is 12.6. The first kappa shape index (κ1) is 31.7. The molecule has 1 atom stereocenters. The van der Waals surface area contributed by atoms with Crippen LogP contribution in [-0.4, -0.2) is 52.5 Å². The Bertz CT molecular complexity index is 1220. The van der Waals surface area contributed by atoms with Crippen molar-refractivity contribution in [1.29, 1.82) is 0 Å². The van der Waals surface area contributed by atoms with Gasteiger partial charge in [-0.2, -0.15) is 11.8 Å². The summed E-state index contributed by atoms with van der Waals surface area (Å²) >= 11 is 1.56. The van der Waals surface area contributed by atoms with E-state index in [1.165, 1.54) is 5.56 Å². The molecule has 3 aromatic rings. The molecule has 0 saturated heterocycles. The number of aliphatic carboxylic acids is 1. The number of rotatable bonds is 12. The second-order valence-electron chi connectivity index (χ2n) is 10.2. The number of aryl methyl sites for hydroxylation is 1. The molecule has 0 aromatic heterocycles. The number of carboxylic acid groups (broad SMARTS) is 1. The van der Waals surface area contributed by atoms with Crippen LogP contribution in [0.4, 0.5) is 0 Å². The van der Waals surface area contributed by atoms with Gasteiger partial charge < -0.3 is 11.8 Å². The van der Waals surface area contributed by atoms with E-state index in [9.17, 15) is 14.7 Å². The first-order valence-corrected chi connectivity index (χ1v) is 14.0. The second-order valence-corrected chi connectivity index (χ2v) is 11.2.